The van der Waals surface area contributed by atoms with Gasteiger partial charge in [-0.15, -0.1) is 16.8 Å². The summed E-state index contributed by atoms with van der Waals surface area (Å²) in [6.45, 7) is 6.60. The van der Waals surface area contributed by atoms with Crippen molar-refractivity contribution >= 4 is 29.0 Å². The lowest BCUT2D eigenvalue weighted by Gasteiger charge is -2.28. The van der Waals surface area contributed by atoms with Gasteiger partial charge in [0.05, 0.1) is 12.9 Å². The van der Waals surface area contributed by atoms with E-state index >= 15 is 0 Å². The smallest absolute Gasteiger partial charge is 0.234 e. The van der Waals surface area contributed by atoms with Crippen molar-refractivity contribution in [3.8, 4) is 17.1 Å². The Bertz CT molecular complexity index is 1070. The van der Waals surface area contributed by atoms with Crippen LogP contribution in [-0.2, 0) is 11.3 Å². The third-order valence-electron chi connectivity index (χ3n) is 5.58. The van der Waals surface area contributed by atoms with Gasteiger partial charge < -0.3 is 15.0 Å². The van der Waals surface area contributed by atoms with E-state index in [0.29, 0.717) is 11.7 Å². The average Bonchev–Trinajstić information content (AvgIpc) is 3.26. The quantitative estimate of drug-likeness (QED) is 0.361. The number of nitrogens with one attached hydrogen (secondary N) is 1. The molecule has 7 nitrogen and oxygen atoms in total. The lowest BCUT2D eigenvalue weighted by molar-refractivity contribution is -0.113. The Morgan fingerprint density at radius 1 is 1.09 bits per heavy atom. The number of nitrogens with zero attached hydrogens (tertiary/aromatic N) is 4. The zero-order valence-electron chi connectivity index (χ0n) is 18.9. The molecule has 4 rings (SSSR count). The van der Waals surface area contributed by atoms with Crippen LogP contribution in [0.25, 0.3) is 11.4 Å². The van der Waals surface area contributed by atoms with Crippen LogP contribution in [0.1, 0.15) is 19.3 Å². The molecule has 1 N–H and O–H groups in total. The maximum absolute atomic E-state index is 12.6. The van der Waals surface area contributed by atoms with Gasteiger partial charge in [-0.25, -0.2) is 0 Å². The SMILES string of the molecule is C=CCn1c(SCC(=O)Nc2ccc(N3CCCCC3)cc2)nnc1-c1ccc(OC)cc1. The molecule has 2 heterocycles. The highest BCUT2D eigenvalue weighted by atomic mass is 32.2. The molecule has 0 unspecified atom stereocenters. The summed E-state index contributed by atoms with van der Waals surface area (Å²) in [6.07, 6.45) is 5.59. The van der Waals surface area contributed by atoms with Crippen LogP contribution >= 0.6 is 11.8 Å². The van der Waals surface area contributed by atoms with E-state index in [4.69, 9.17) is 4.74 Å². The van der Waals surface area contributed by atoms with E-state index in [-0.39, 0.29) is 11.7 Å². The predicted molar refractivity (Wildman–Crippen MR) is 134 cm³/mol. The van der Waals surface area contributed by atoms with Gasteiger partial charge in [0.1, 0.15) is 5.75 Å². The molecule has 1 saturated heterocycles. The molecule has 1 aliphatic heterocycles. The number of methoxy groups -OCH3 is 1. The highest BCUT2D eigenvalue weighted by Crippen LogP contribution is 2.26. The number of ether oxygens (including phenoxy) is 1. The molecule has 1 amide bonds. The molecule has 1 aromatic heterocycles. The summed E-state index contributed by atoms with van der Waals surface area (Å²) < 4.78 is 7.19. The van der Waals surface area contributed by atoms with Gasteiger partial charge in [-0.3, -0.25) is 9.36 Å². The van der Waals surface area contributed by atoms with Crippen molar-refractivity contribution in [2.75, 3.05) is 36.2 Å². The lowest BCUT2D eigenvalue weighted by Crippen LogP contribution is -2.29. The molecular formula is C25H29N5O2S. The second kappa shape index (κ2) is 11.0. The van der Waals surface area contributed by atoms with Gasteiger partial charge in [0.25, 0.3) is 0 Å². The highest BCUT2D eigenvalue weighted by molar-refractivity contribution is 7.99. The number of benzene rings is 2. The first-order chi connectivity index (χ1) is 16.2. The number of piperidine rings is 1. The first kappa shape index (κ1) is 22.9. The number of anilines is 2. The van der Waals surface area contributed by atoms with Gasteiger partial charge in [0.15, 0.2) is 11.0 Å². The summed E-state index contributed by atoms with van der Waals surface area (Å²) in [4.78, 5) is 15.0. The second-order valence-corrected chi connectivity index (χ2v) is 8.81. The Morgan fingerprint density at radius 2 is 1.82 bits per heavy atom. The normalized spacial score (nSPS) is 13.5. The number of hydrogen-bond acceptors (Lipinski definition) is 6. The Hall–Kier alpha value is -3.26. The van der Waals surface area contributed by atoms with E-state index in [1.54, 1.807) is 13.2 Å². The molecule has 2 aromatic carbocycles. The molecule has 0 bridgehead atoms. The first-order valence-corrected chi connectivity index (χ1v) is 12.1. The van der Waals surface area contributed by atoms with Gasteiger partial charge in [-0.1, -0.05) is 17.8 Å². The zero-order valence-corrected chi connectivity index (χ0v) is 19.7. The Kier molecular flexibility index (Phi) is 7.67. The minimum Gasteiger partial charge on any atom is -0.497 e. The molecule has 8 heteroatoms. The number of aromatic nitrogens is 3. The molecule has 0 radical (unpaired) electrons. The van der Waals surface area contributed by atoms with Crippen LogP contribution in [0, 0.1) is 0 Å². The fraction of sp³-hybridized carbons (Fsp3) is 0.320. The minimum atomic E-state index is -0.0788. The Balaban J connectivity index is 1.37. The van der Waals surface area contributed by atoms with Crippen molar-refractivity contribution in [2.24, 2.45) is 0 Å². The largest absolute Gasteiger partial charge is 0.497 e. The molecule has 0 saturated carbocycles. The van der Waals surface area contributed by atoms with Gasteiger partial charge in [0.2, 0.25) is 5.91 Å². The monoisotopic (exact) mass is 463 g/mol. The summed E-state index contributed by atoms with van der Waals surface area (Å²) >= 11 is 1.36. The van der Waals surface area contributed by atoms with E-state index in [1.165, 1.54) is 36.7 Å². The molecule has 3 aromatic rings. The summed E-state index contributed by atoms with van der Waals surface area (Å²) in [7, 11) is 1.64. The van der Waals surface area contributed by atoms with Crippen molar-refractivity contribution < 1.29 is 9.53 Å². The standard InChI is InChI=1S/C25H29N5O2S/c1-3-15-30-24(19-7-13-22(32-2)14-8-19)27-28-25(30)33-18-23(31)26-20-9-11-21(12-10-20)29-16-5-4-6-17-29/h3,7-14H,1,4-6,15-18H2,2H3,(H,26,31). The van der Waals surface area contributed by atoms with E-state index in [2.05, 4.69) is 39.1 Å². The molecule has 0 atom stereocenters. The minimum absolute atomic E-state index is 0.0788. The second-order valence-electron chi connectivity index (χ2n) is 7.87. The topological polar surface area (TPSA) is 72.3 Å². The van der Waals surface area contributed by atoms with Gasteiger partial charge in [-0.2, -0.15) is 0 Å². The number of carbonyl (C=O) groups is 1. The molecule has 172 valence electrons. The van der Waals surface area contributed by atoms with Crippen molar-refractivity contribution in [1.82, 2.24) is 14.8 Å². The van der Waals surface area contributed by atoms with Crippen LogP contribution in [0.5, 0.6) is 5.75 Å². The molecule has 0 spiro atoms. The van der Waals surface area contributed by atoms with Crippen molar-refractivity contribution in [1.29, 1.82) is 0 Å². The molecule has 0 aliphatic carbocycles. The van der Waals surface area contributed by atoms with Crippen LogP contribution in [0.15, 0.2) is 66.3 Å². The van der Waals surface area contributed by atoms with Crippen LogP contribution in [0.2, 0.25) is 0 Å². The van der Waals surface area contributed by atoms with Crippen molar-refractivity contribution in [3.05, 3.63) is 61.2 Å². The first-order valence-electron chi connectivity index (χ1n) is 11.1. The molecule has 1 aliphatic rings. The summed E-state index contributed by atoms with van der Waals surface area (Å²) in [5.74, 6) is 1.67. The van der Waals surface area contributed by atoms with E-state index in [1.807, 2.05) is 41.0 Å². The third kappa shape index (κ3) is 5.76. The number of carbonyl (C=O) groups excluding carboxylic acids is 1. The summed E-state index contributed by atoms with van der Waals surface area (Å²) in [5.41, 5.74) is 2.94. The van der Waals surface area contributed by atoms with Crippen LogP contribution in [0.3, 0.4) is 0 Å². The van der Waals surface area contributed by atoms with E-state index in [0.717, 1.165) is 35.9 Å². The Labute approximate surface area is 198 Å². The average molecular weight is 464 g/mol. The predicted octanol–water partition coefficient (Wildman–Crippen LogP) is 4.86. The maximum atomic E-state index is 12.6. The fourth-order valence-corrected chi connectivity index (χ4v) is 4.63. The van der Waals surface area contributed by atoms with Crippen molar-refractivity contribution in [3.63, 3.8) is 0 Å². The zero-order chi connectivity index (χ0) is 23.0. The number of hydrogen-bond donors (Lipinski definition) is 1. The van der Waals surface area contributed by atoms with Gasteiger partial charge in [0, 0.05) is 36.6 Å². The maximum Gasteiger partial charge on any atom is 0.234 e. The third-order valence-corrected chi connectivity index (χ3v) is 6.55. The molecule has 1 fully saturated rings. The number of allylic oxidation sites excluding steroid dienone is 1. The summed E-state index contributed by atoms with van der Waals surface area (Å²) in [6, 6.07) is 15.8. The number of thioether (sulfide) groups is 1. The molecular weight excluding hydrogens is 434 g/mol. The van der Waals surface area contributed by atoms with Crippen LogP contribution in [-0.4, -0.2) is 46.6 Å². The van der Waals surface area contributed by atoms with Gasteiger partial charge >= 0.3 is 0 Å². The lowest BCUT2D eigenvalue weighted by atomic mass is 10.1. The number of amides is 1. The van der Waals surface area contributed by atoms with Crippen LogP contribution in [0.4, 0.5) is 11.4 Å². The Morgan fingerprint density at radius 3 is 2.48 bits per heavy atom. The van der Waals surface area contributed by atoms with E-state index in [9.17, 15) is 4.79 Å². The van der Waals surface area contributed by atoms with E-state index < -0.39 is 0 Å². The highest BCUT2D eigenvalue weighted by Gasteiger charge is 2.16. The van der Waals surface area contributed by atoms with Crippen molar-refractivity contribution in [2.45, 2.75) is 31.0 Å². The molecule has 33 heavy (non-hydrogen) atoms. The van der Waals surface area contributed by atoms with Gasteiger partial charge in [-0.05, 0) is 67.8 Å². The van der Waals surface area contributed by atoms with Crippen LogP contribution < -0.4 is 15.0 Å². The number of rotatable bonds is 9. The fourth-order valence-electron chi connectivity index (χ4n) is 3.88. The summed E-state index contributed by atoms with van der Waals surface area (Å²) in [5, 5.41) is 12.3.